The Labute approximate surface area is 97.0 Å². The van der Waals surface area contributed by atoms with Crippen molar-refractivity contribution in [1.82, 2.24) is 0 Å². The number of ether oxygens (including phenoxy) is 1. The Morgan fingerprint density at radius 1 is 1.38 bits per heavy atom. The molecule has 0 aliphatic heterocycles. The maximum atomic E-state index is 9.14. The fourth-order valence-corrected chi connectivity index (χ4v) is 1.64. The molecule has 1 atom stereocenters. The molecule has 0 aliphatic rings. The Morgan fingerprint density at radius 3 is 2.44 bits per heavy atom. The molecule has 3 heteroatoms. The third kappa shape index (κ3) is 3.16. The highest BCUT2D eigenvalue weighted by molar-refractivity contribution is 5.49. The van der Waals surface area contributed by atoms with Gasteiger partial charge in [-0.05, 0) is 37.6 Å². The van der Waals surface area contributed by atoms with Gasteiger partial charge >= 0.3 is 0 Å². The van der Waals surface area contributed by atoms with Crippen molar-refractivity contribution in [1.29, 1.82) is 5.26 Å². The molecule has 0 spiro atoms. The van der Waals surface area contributed by atoms with E-state index < -0.39 is 5.54 Å². The van der Waals surface area contributed by atoms with Crippen LogP contribution in [0.15, 0.2) is 24.3 Å². The first-order valence-corrected chi connectivity index (χ1v) is 5.47. The van der Waals surface area contributed by atoms with Crippen LogP contribution in [0.4, 0.5) is 5.69 Å². The van der Waals surface area contributed by atoms with Crippen LogP contribution in [-0.4, -0.2) is 12.6 Å². The molecular formula is C13H18N2O. The highest BCUT2D eigenvalue weighted by Gasteiger charge is 2.21. The molecule has 1 N–H and O–H groups in total. The third-order valence-corrected chi connectivity index (χ3v) is 2.51. The molecule has 0 fully saturated rings. The highest BCUT2D eigenvalue weighted by Crippen LogP contribution is 2.21. The smallest absolute Gasteiger partial charge is 0.122 e. The van der Waals surface area contributed by atoms with Crippen molar-refractivity contribution in [3.8, 4) is 11.8 Å². The Balaban J connectivity index is 2.75. The van der Waals surface area contributed by atoms with E-state index in [9.17, 15) is 0 Å². The predicted molar refractivity (Wildman–Crippen MR) is 65.5 cm³/mol. The molecule has 1 aromatic carbocycles. The number of benzene rings is 1. The van der Waals surface area contributed by atoms with E-state index in [2.05, 4.69) is 18.3 Å². The van der Waals surface area contributed by atoms with E-state index in [1.54, 1.807) is 7.11 Å². The van der Waals surface area contributed by atoms with E-state index in [1.807, 2.05) is 31.2 Å². The largest absolute Gasteiger partial charge is 0.497 e. The molecule has 0 saturated heterocycles. The quantitative estimate of drug-likeness (QED) is 0.825. The van der Waals surface area contributed by atoms with Gasteiger partial charge in [0.25, 0.3) is 0 Å². The van der Waals surface area contributed by atoms with Gasteiger partial charge in [0.15, 0.2) is 0 Å². The van der Waals surface area contributed by atoms with E-state index in [4.69, 9.17) is 10.00 Å². The fourth-order valence-electron chi connectivity index (χ4n) is 1.64. The van der Waals surface area contributed by atoms with Gasteiger partial charge in [0, 0.05) is 5.69 Å². The Bertz CT molecular complexity index is 367. The lowest BCUT2D eigenvalue weighted by Gasteiger charge is -2.23. The minimum Gasteiger partial charge on any atom is -0.497 e. The van der Waals surface area contributed by atoms with Crippen LogP contribution in [0.2, 0.25) is 0 Å². The summed E-state index contributed by atoms with van der Waals surface area (Å²) in [5.74, 6) is 0.819. The second-order valence-electron chi connectivity index (χ2n) is 4.05. The number of methoxy groups -OCH3 is 1. The van der Waals surface area contributed by atoms with Crippen LogP contribution in [-0.2, 0) is 0 Å². The number of nitrogens with zero attached hydrogens (tertiary/aromatic N) is 1. The van der Waals surface area contributed by atoms with Crippen LogP contribution in [0.3, 0.4) is 0 Å². The first-order chi connectivity index (χ1) is 7.63. The molecule has 16 heavy (non-hydrogen) atoms. The molecule has 0 aromatic heterocycles. The molecular weight excluding hydrogens is 200 g/mol. The summed E-state index contributed by atoms with van der Waals surface area (Å²) in [5, 5.41) is 12.4. The molecule has 1 rings (SSSR count). The normalized spacial score (nSPS) is 13.6. The zero-order valence-electron chi connectivity index (χ0n) is 10.1. The van der Waals surface area contributed by atoms with Crippen LogP contribution in [0.1, 0.15) is 26.7 Å². The predicted octanol–water partition coefficient (Wildman–Crippen LogP) is 3.19. The van der Waals surface area contributed by atoms with Gasteiger partial charge in [-0.3, -0.25) is 0 Å². The molecule has 0 radical (unpaired) electrons. The maximum Gasteiger partial charge on any atom is 0.122 e. The van der Waals surface area contributed by atoms with Crippen LogP contribution < -0.4 is 10.1 Å². The number of rotatable bonds is 5. The van der Waals surface area contributed by atoms with Gasteiger partial charge in [0.2, 0.25) is 0 Å². The lowest BCUT2D eigenvalue weighted by molar-refractivity contribution is 0.415. The number of anilines is 1. The van der Waals surface area contributed by atoms with Gasteiger partial charge in [-0.1, -0.05) is 13.3 Å². The topological polar surface area (TPSA) is 45.0 Å². The van der Waals surface area contributed by atoms with Gasteiger partial charge in [0.05, 0.1) is 13.2 Å². The zero-order chi connectivity index (χ0) is 12.0. The minimum atomic E-state index is -0.497. The van der Waals surface area contributed by atoms with E-state index >= 15 is 0 Å². The lowest BCUT2D eigenvalue weighted by atomic mass is 9.98. The van der Waals surface area contributed by atoms with Crippen molar-refractivity contribution >= 4 is 5.69 Å². The molecule has 86 valence electrons. The lowest BCUT2D eigenvalue weighted by Crippen LogP contribution is -2.32. The number of nitrogens with one attached hydrogen (secondary N) is 1. The summed E-state index contributed by atoms with van der Waals surface area (Å²) in [6.07, 6.45) is 1.81. The van der Waals surface area contributed by atoms with Gasteiger partial charge in [-0.25, -0.2) is 0 Å². The molecule has 0 bridgehead atoms. The molecule has 1 aromatic rings. The SMILES string of the molecule is CCCC(C)(C#N)Nc1ccc(OC)cc1. The zero-order valence-corrected chi connectivity index (χ0v) is 10.1. The molecule has 0 saturated carbocycles. The van der Waals surface area contributed by atoms with Crippen molar-refractivity contribution in [3.05, 3.63) is 24.3 Å². The molecule has 0 aliphatic carbocycles. The van der Waals surface area contributed by atoms with Crippen molar-refractivity contribution in [2.24, 2.45) is 0 Å². The average molecular weight is 218 g/mol. The second kappa shape index (κ2) is 5.41. The fraction of sp³-hybridized carbons (Fsp3) is 0.462. The summed E-state index contributed by atoms with van der Waals surface area (Å²) in [5.41, 5.74) is 0.446. The Kier molecular flexibility index (Phi) is 4.19. The van der Waals surface area contributed by atoms with Crippen LogP contribution in [0.5, 0.6) is 5.75 Å². The van der Waals surface area contributed by atoms with Crippen LogP contribution in [0, 0.1) is 11.3 Å². The summed E-state index contributed by atoms with van der Waals surface area (Å²) in [6, 6.07) is 9.92. The van der Waals surface area contributed by atoms with Crippen LogP contribution >= 0.6 is 0 Å². The van der Waals surface area contributed by atoms with Gasteiger partial charge in [0.1, 0.15) is 11.3 Å². The van der Waals surface area contributed by atoms with E-state index in [0.29, 0.717) is 0 Å². The van der Waals surface area contributed by atoms with E-state index in [1.165, 1.54) is 0 Å². The summed E-state index contributed by atoms with van der Waals surface area (Å²) >= 11 is 0. The van der Waals surface area contributed by atoms with Gasteiger partial charge in [-0.2, -0.15) is 5.26 Å². The van der Waals surface area contributed by atoms with Crippen molar-refractivity contribution in [2.45, 2.75) is 32.2 Å². The van der Waals surface area contributed by atoms with Crippen molar-refractivity contribution in [3.63, 3.8) is 0 Å². The monoisotopic (exact) mass is 218 g/mol. The van der Waals surface area contributed by atoms with Crippen molar-refractivity contribution in [2.75, 3.05) is 12.4 Å². The Morgan fingerprint density at radius 2 is 2.00 bits per heavy atom. The number of nitriles is 1. The molecule has 1 unspecified atom stereocenters. The number of hydrogen-bond donors (Lipinski definition) is 1. The van der Waals surface area contributed by atoms with E-state index in [0.717, 1.165) is 24.3 Å². The first kappa shape index (κ1) is 12.4. The molecule has 0 amide bonds. The van der Waals surface area contributed by atoms with Crippen molar-refractivity contribution < 1.29 is 4.74 Å². The summed E-state index contributed by atoms with van der Waals surface area (Å²) < 4.78 is 5.08. The standard InChI is InChI=1S/C13H18N2O/c1-4-9-13(2,10-14)15-11-5-7-12(16-3)8-6-11/h5-8,15H,4,9H2,1-3H3. The van der Waals surface area contributed by atoms with Gasteiger partial charge in [-0.15, -0.1) is 0 Å². The summed E-state index contributed by atoms with van der Waals surface area (Å²) in [6.45, 7) is 3.99. The summed E-state index contributed by atoms with van der Waals surface area (Å²) in [7, 11) is 1.64. The minimum absolute atomic E-state index is 0.497. The Hall–Kier alpha value is -1.69. The third-order valence-electron chi connectivity index (χ3n) is 2.51. The second-order valence-corrected chi connectivity index (χ2v) is 4.05. The average Bonchev–Trinajstić information content (AvgIpc) is 2.30. The van der Waals surface area contributed by atoms with Gasteiger partial charge < -0.3 is 10.1 Å². The molecule has 0 heterocycles. The molecule has 3 nitrogen and oxygen atoms in total. The van der Waals surface area contributed by atoms with E-state index in [-0.39, 0.29) is 0 Å². The first-order valence-electron chi connectivity index (χ1n) is 5.47. The van der Waals surface area contributed by atoms with Crippen LogP contribution in [0.25, 0.3) is 0 Å². The number of hydrogen-bond acceptors (Lipinski definition) is 3. The highest BCUT2D eigenvalue weighted by atomic mass is 16.5. The summed E-state index contributed by atoms with van der Waals surface area (Å²) in [4.78, 5) is 0. The maximum absolute atomic E-state index is 9.14.